The van der Waals surface area contributed by atoms with Crippen LogP contribution in [0.4, 0.5) is 4.79 Å². The molecule has 3 atom stereocenters. The first-order valence-electron chi connectivity index (χ1n) is 7.37. The van der Waals surface area contributed by atoms with Gasteiger partial charge in [-0.25, -0.2) is 4.79 Å². The highest BCUT2D eigenvalue weighted by atomic mass is 16.5. The molecule has 0 bridgehead atoms. The standard InChI is InChI=1S/C14H24N2O4/c1-3-10-6-4-5-7-16(10)13(19)15-11-8-20-9-14(11,2)12(17)18/h10-11H,3-9H2,1-2H3,(H,15,19)(H,17,18). The molecule has 0 aromatic rings. The van der Waals surface area contributed by atoms with Gasteiger partial charge in [-0.15, -0.1) is 0 Å². The van der Waals surface area contributed by atoms with Crippen LogP contribution in [0, 0.1) is 5.41 Å². The van der Waals surface area contributed by atoms with Gasteiger partial charge >= 0.3 is 12.0 Å². The summed E-state index contributed by atoms with van der Waals surface area (Å²) in [6.45, 7) is 4.86. The Bertz CT molecular complexity index is 387. The first-order chi connectivity index (χ1) is 9.49. The molecule has 2 amide bonds. The molecule has 0 aliphatic carbocycles. The third-order valence-electron chi connectivity index (χ3n) is 4.60. The fourth-order valence-electron chi connectivity index (χ4n) is 3.01. The van der Waals surface area contributed by atoms with Crippen LogP contribution in [-0.4, -0.2) is 53.8 Å². The van der Waals surface area contributed by atoms with Crippen molar-refractivity contribution in [3.63, 3.8) is 0 Å². The van der Waals surface area contributed by atoms with Gasteiger partial charge in [0.1, 0.15) is 5.41 Å². The molecule has 0 aromatic heterocycles. The van der Waals surface area contributed by atoms with Crippen molar-refractivity contribution >= 4 is 12.0 Å². The molecule has 0 saturated carbocycles. The molecule has 3 unspecified atom stereocenters. The van der Waals surface area contributed by atoms with Gasteiger partial charge in [0, 0.05) is 12.6 Å². The van der Waals surface area contributed by atoms with Gasteiger partial charge < -0.3 is 20.1 Å². The molecule has 20 heavy (non-hydrogen) atoms. The summed E-state index contributed by atoms with van der Waals surface area (Å²) in [6.07, 6.45) is 4.13. The van der Waals surface area contributed by atoms with Gasteiger partial charge in [-0.2, -0.15) is 0 Å². The van der Waals surface area contributed by atoms with E-state index in [9.17, 15) is 14.7 Å². The van der Waals surface area contributed by atoms with Crippen molar-refractivity contribution in [3.8, 4) is 0 Å². The van der Waals surface area contributed by atoms with Crippen molar-refractivity contribution in [2.75, 3.05) is 19.8 Å². The zero-order valence-corrected chi connectivity index (χ0v) is 12.2. The van der Waals surface area contributed by atoms with Crippen LogP contribution in [0.2, 0.25) is 0 Å². The van der Waals surface area contributed by atoms with Gasteiger partial charge in [0.25, 0.3) is 0 Å². The minimum Gasteiger partial charge on any atom is -0.481 e. The Morgan fingerprint density at radius 2 is 2.20 bits per heavy atom. The number of carbonyl (C=O) groups excluding carboxylic acids is 1. The lowest BCUT2D eigenvalue weighted by atomic mass is 9.85. The fourth-order valence-corrected chi connectivity index (χ4v) is 3.01. The maximum Gasteiger partial charge on any atom is 0.317 e. The molecule has 114 valence electrons. The number of ether oxygens (including phenoxy) is 1. The molecule has 0 radical (unpaired) electrons. The number of rotatable bonds is 3. The van der Waals surface area contributed by atoms with E-state index in [2.05, 4.69) is 12.2 Å². The summed E-state index contributed by atoms with van der Waals surface area (Å²) in [5.41, 5.74) is -1.03. The predicted molar refractivity (Wildman–Crippen MR) is 73.5 cm³/mol. The molecule has 6 nitrogen and oxygen atoms in total. The molecule has 2 saturated heterocycles. The van der Waals surface area contributed by atoms with Crippen molar-refractivity contribution in [3.05, 3.63) is 0 Å². The van der Waals surface area contributed by atoms with Crippen LogP contribution in [0.25, 0.3) is 0 Å². The molecular weight excluding hydrogens is 260 g/mol. The number of carboxylic acid groups (broad SMARTS) is 1. The third-order valence-corrected chi connectivity index (χ3v) is 4.60. The van der Waals surface area contributed by atoms with Crippen LogP contribution in [0.1, 0.15) is 39.5 Å². The lowest BCUT2D eigenvalue weighted by Crippen LogP contribution is -2.56. The van der Waals surface area contributed by atoms with Gasteiger partial charge in [0.05, 0.1) is 19.3 Å². The Morgan fingerprint density at radius 3 is 2.85 bits per heavy atom. The summed E-state index contributed by atoms with van der Waals surface area (Å²) in [5, 5.41) is 12.2. The lowest BCUT2D eigenvalue weighted by Gasteiger charge is -2.37. The average molecular weight is 284 g/mol. The number of likely N-dealkylation sites (tertiary alicyclic amines) is 1. The number of hydrogen-bond donors (Lipinski definition) is 2. The molecule has 0 aromatic carbocycles. The number of urea groups is 1. The fraction of sp³-hybridized carbons (Fsp3) is 0.857. The number of piperidine rings is 1. The molecule has 2 aliphatic rings. The number of amides is 2. The number of carbonyl (C=O) groups is 2. The SMILES string of the molecule is CCC1CCCCN1C(=O)NC1COCC1(C)C(=O)O. The first kappa shape index (κ1) is 15.1. The van der Waals surface area contributed by atoms with E-state index in [1.807, 2.05) is 4.90 Å². The lowest BCUT2D eigenvalue weighted by molar-refractivity contribution is -0.148. The second-order valence-electron chi connectivity index (χ2n) is 5.99. The Hall–Kier alpha value is -1.30. The van der Waals surface area contributed by atoms with E-state index in [4.69, 9.17) is 4.74 Å². The van der Waals surface area contributed by atoms with Gasteiger partial charge in [0.2, 0.25) is 0 Å². The maximum atomic E-state index is 12.4. The van der Waals surface area contributed by atoms with E-state index in [1.165, 1.54) is 0 Å². The number of nitrogens with one attached hydrogen (secondary N) is 1. The van der Waals surface area contributed by atoms with Crippen LogP contribution < -0.4 is 5.32 Å². The summed E-state index contributed by atoms with van der Waals surface area (Å²) in [7, 11) is 0. The number of aliphatic carboxylic acids is 1. The summed E-state index contributed by atoms with van der Waals surface area (Å²) < 4.78 is 5.26. The van der Waals surface area contributed by atoms with E-state index in [0.717, 1.165) is 32.2 Å². The predicted octanol–water partition coefficient (Wildman–Crippen LogP) is 1.45. The second kappa shape index (κ2) is 5.99. The monoisotopic (exact) mass is 284 g/mol. The van der Waals surface area contributed by atoms with E-state index in [-0.39, 0.29) is 25.3 Å². The molecule has 2 rings (SSSR count). The number of nitrogens with zero attached hydrogens (tertiary/aromatic N) is 1. The molecule has 2 aliphatic heterocycles. The van der Waals surface area contributed by atoms with Crippen LogP contribution in [-0.2, 0) is 9.53 Å². The minimum absolute atomic E-state index is 0.143. The summed E-state index contributed by atoms with van der Waals surface area (Å²) in [6, 6.07) is -0.353. The van der Waals surface area contributed by atoms with E-state index in [0.29, 0.717) is 0 Å². The largest absolute Gasteiger partial charge is 0.481 e. The number of carboxylic acids is 1. The molecule has 2 heterocycles. The van der Waals surface area contributed by atoms with Gasteiger partial charge in [-0.1, -0.05) is 6.92 Å². The van der Waals surface area contributed by atoms with Crippen molar-refractivity contribution in [1.82, 2.24) is 10.2 Å². The molecule has 6 heteroatoms. The van der Waals surface area contributed by atoms with E-state index < -0.39 is 17.4 Å². The van der Waals surface area contributed by atoms with E-state index >= 15 is 0 Å². The minimum atomic E-state index is -1.03. The third kappa shape index (κ3) is 2.75. The number of hydrogen-bond acceptors (Lipinski definition) is 3. The molecular formula is C14H24N2O4. The van der Waals surface area contributed by atoms with Gasteiger partial charge in [-0.3, -0.25) is 4.79 Å². The maximum absolute atomic E-state index is 12.4. The molecule has 2 fully saturated rings. The van der Waals surface area contributed by atoms with Crippen LogP contribution >= 0.6 is 0 Å². The average Bonchev–Trinajstić information content (AvgIpc) is 2.81. The van der Waals surface area contributed by atoms with Gasteiger partial charge in [0.15, 0.2) is 0 Å². The Labute approximate surface area is 119 Å². The quantitative estimate of drug-likeness (QED) is 0.822. The van der Waals surface area contributed by atoms with Crippen molar-refractivity contribution in [1.29, 1.82) is 0 Å². The topological polar surface area (TPSA) is 78.9 Å². The molecule has 0 spiro atoms. The highest BCUT2D eigenvalue weighted by molar-refractivity contribution is 5.79. The van der Waals surface area contributed by atoms with E-state index in [1.54, 1.807) is 6.92 Å². The smallest absolute Gasteiger partial charge is 0.317 e. The van der Waals surface area contributed by atoms with Crippen LogP contribution in [0.3, 0.4) is 0 Å². The Morgan fingerprint density at radius 1 is 1.45 bits per heavy atom. The molecule has 2 N–H and O–H groups in total. The van der Waals surface area contributed by atoms with Crippen LogP contribution in [0.15, 0.2) is 0 Å². The first-order valence-corrected chi connectivity index (χ1v) is 7.37. The van der Waals surface area contributed by atoms with Crippen LogP contribution in [0.5, 0.6) is 0 Å². The highest BCUT2D eigenvalue weighted by Crippen LogP contribution is 2.29. The summed E-state index contributed by atoms with van der Waals surface area (Å²) in [4.78, 5) is 25.6. The zero-order chi connectivity index (χ0) is 14.8. The van der Waals surface area contributed by atoms with Crippen molar-refractivity contribution in [2.45, 2.75) is 51.6 Å². The van der Waals surface area contributed by atoms with Gasteiger partial charge in [-0.05, 0) is 32.6 Å². The Kier molecular flexibility index (Phi) is 4.52. The second-order valence-corrected chi connectivity index (χ2v) is 5.99. The zero-order valence-electron chi connectivity index (χ0n) is 12.2. The normalized spacial score (nSPS) is 34.0. The summed E-state index contributed by atoms with van der Waals surface area (Å²) >= 11 is 0. The Balaban J connectivity index is 2.01. The van der Waals surface area contributed by atoms with Crippen molar-refractivity contribution < 1.29 is 19.4 Å². The van der Waals surface area contributed by atoms with Crippen molar-refractivity contribution in [2.24, 2.45) is 5.41 Å². The highest BCUT2D eigenvalue weighted by Gasteiger charge is 2.48. The summed E-state index contributed by atoms with van der Waals surface area (Å²) in [5.74, 6) is -0.925.